The first kappa shape index (κ1) is 8.78. The number of carbonyl (C=O) groups is 1. The summed E-state index contributed by atoms with van der Waals surface area (Å²) in [6.45, 7) is 0.764. The Morgan fingerprint density at radius 2 is 2.55 bits per heavy atom. The summed E-state index contributed by atoms with van der Waals surface area (Å²) in [6, 6.07) is 1.98. The average molecular weight is 264 g/mol. The molecular formula is C7H9IN2O. The number of alkyl halides is 1. The third-order valence-corrected chi connectivity index (χ3v) is 2.49. The minimum Gasteiger partial charge on any atom is -0.326 e. The maximum atomic E-state index is 11.2. The van der Waals surface area contributed by atoms with Crippen LogP contribution >= 0.6 is 22.6 Å². The normalized spacial score (nSPS) is 23.3. The predicted octanol–water partition coefficient (Wildman–Crippen LogP) is 0.936. The van der Waals surface area contributed by atoms with Gasteiger partial charge in [-0.3, -0.25) is 4.79 Å². The highest BCUT2D eigenvalue weighted by molar-refractivity contribution is 14.1. The second-order valence-electron chi connectivity index (χ2n) is 2.51. The van der Waals surface area contributed by atoms with Gasteiger partial charge in [0.1, 0.15) is 6.04 Å². The lowest BCUT2D eigenvalue weighted by molar-refractivity contribution is -0.128. The molecule has 0 aromatic carbocycles. The van der Waals surface area contributed by atoms with Crippen LogP contribution in [0, 0.1) is 11.3 Å². The van der Waals surface area contributed by atoms with E-state index in [-0.39, 0.29) is 11.9 Å². The first-order valence-corrected chi connectivity index (χ1v) is 5.07. The van der Waals surface area contributed by atoms with Crippen LogP contribution in [-0.4, -0.2) is 27.8 Å². The second-order valence-corrected chi connectivity index (χ2v) is 3.27. The number of halogens is 1. The number of nitriles is 1. The SMILES string of the molecule is N#CC1CCCN1C(=O)CI. The van der Waals surface area contributed by atoms with Crippen molar-refractivity contribution in [2.45, 2.75) is 18.9 Å². The standard InChI is InChI=1S/C7H9IN2O/c8-4-7(11)10-3-1-2-6(10)5-9/h6H,1-4H2. The fourth-order valence-electron chi connectivity index (χ4n) is 1.28. The van der Waals surface area contributed by atoms with E-state index in [2.05, 4.69) is 6.07 Å². The maximum Gasteiger partial charge on any atom is 0.233 e. The summed E-state index contributed by atoms with van der Waals surface area (Å²) in [5.41, 5.74) is 0. The molecule has 1 aliphatic heterocycles. The number of amides is 1. The molecule has 60 valence electrons. The summed E-state index contributed by atoms with van der Waals surface area (Å²) >= 11 is 2.03. The molecular weight excluding hydrogens is 255 g/mol. The van der Waals surface area contributed by atoms with Crippen LogP contribution in [0.25, 0.3) is 0 Å². The smallest absolute Gasteiger partial charge is 0.233 e. The van der Waals surface area contributed by atoms with Crippen molar-refractivity contribution < 1.29 is 4.79 Å². The lowest BCUT2D eigenvalue weighted by Gasteiger charge is -2.17. The van der Waals surface area contributed by atoms with E-state index in [0.29, 0.717) is 4.43 Å². The van der Waals surface area contributed by atoms with Gasteiger partial charge in [-0.15, -0.1) is 0 Å². The summed E-state index contributed by atoms with van der Waals surface area (Å²) in [5.74, 6) is 0.0923. The molecule has 1 heterocycles. The molecule has 4 heteroatoms. The van der Waals surface area contributed by atoms with Crippen LogP contribution in [0.15, 0.2) is 0 Å². The van der Waals surface area contributed by atoms with Crippen molar-refractivity contribution in [3.05, 3.63) is 0 Å². The van der Waals surface area contributed by atoms with E-state index in [9.17, 15) is 4.79 Å². The van der Waals surface area contributed by atoms with Gasteiger partial charge in [0.15, 0.2) is 0 Å². The molecule has 3 nitrogen and oxygen atoms in total. The number of rotatable bonds is 1. The molecule has 1 amide bonds. The molecule has 0 radical (unpaired) electrons. The van der Waals surface area contributed by atoms with Crippen molar-refractivity contribution in [2.75, 3.05) is 11.0 Å². The number of likely N-dealkylation sites (tertiary alicyclic amines) is 1. The Hall–Kier alpha value is -0.310. The van der Waals surface area contributed by atoms with Gasteiger partial charge in [-0.1, -0.05) is 22.6 Å². The maximum absolute atomic E-state index is 11.2. The Morgan fingerprint density at radius 1 is 1.82 bits per heavy atom. The van der Waals surface area contributed by atoms with Crippen LogP contribution in [0.1, 0.15) is 12.8 Å². The zero-order valence-corrected chi connectivity index (χ0v) is 8.24. The minimum absolute atomic E-state index is 0.0923. The summed E-state index contributed by atoms with van der Waals surface area (Å²) in [7, 11) is 0. The van der Waals surface area contributed by atoms with Gasteiger partial charge < -0.3 is 4.90 Å². The Balaban J connectivity index is 2.58. The Kier molecular flexibility index (Phi) is 3.12. The fraction of sp³-hybridized carbons (Fsp3) is 0.714. The third-order valence-electron chi connectivity index (χ3n) is 1.84. The molecule has 0 aromatic heterocycles. The van der Waals surface area contributed by atoms with Crippen molar-refractivity contribution in [1.29, 1.82) is 5.26 Å². The largest absolute Gasteiger partial charge is 0.326 e. The molecule has 1 saturated heterocycles. The van der Waals surface area contributed by atoms with Crippen LogP contribution in [0.4, 0.5) is 0 Å². The quantitative estimate of drug-likeness (QED) is 0.522. The topological polar surface area (TPSA) is 44.1 Å². The average Bonchev–Trinajstić information content (AvgIpc) is 2.50. The molecule has 0 bridgehead atoms. The van der Waals surface area contributed by atoms with E-state index in [1.165, 1.54) is 0 Å². The van der Waals surface area contributed by atoms with Gasteiger partial charge in [0, 0.05) is 6.54 Å². The van der Waals surface area contributed by atoms with Gasteiger partial charge in [0.05, 0.1) is 10.5 Å². The van der Waals surface area contributed by atoms with Gasteiger partial charge in [0.25, 0.3) is 0 Å². The van der Waals surface area contributed by atoms with Gasteiger partial charge in [-0.05, 0) is 12.8 Å². The van der Waals surface area contributed by atoms with Gasteiger partial charge in [0.2, 0.25) is 5.91 Å². The van der Waals surface area contributed by atoms with Crippen LogP contribution in [-0.2, 0) is 4.79 Å². The molecule has 0 N–H and O–H groups in total. The number of nitrogens with zero attached hydrogens (tertiary/aromatic N) is 2. The molecule has 1 rings (SSSR count). The van der Waals surface area contributed by atoms with Crippen LogP contribution in [0.5, 0.6) is 0 Å². The molecule has 0 aromatic rings. The van der Waals surface area contributed by atoms with E-state index in [0.717, 1.165) is 19.4 Å². The molecule has 11 heavy (non-hydrogen) atoms. The number of carbonyl (C=O) groups excluding carboxylic acids is 1. The van der Waals surface area contributed by atoms with E-state index < -0.39 is 0 Å². The van der Waals surface area contributed by atoms with E-state index in [1.807, 2.05) is 22.6 Å². The van der Waals surface area contributed by atoms with Gasteiger partial charge in [-0.25, -0.2) is 0 Å². The lowest BCUT2D eigenvalue weighted by atomic mass is 10.2. The highest BCUT2D eigenvalue weighted by Gasteiger charge is 2.27. The molecule has 0 spiro atoms. The fourth-order valence-corrected chi connectivity index (χ4v) is 1.71. The zero-order valence-electron chi connectivity index (χ0n) is 6.09. The van der Waals surface area contributed by atoms with Gasteiger partial charge in [-0.2, -0.15) is 5.26 Å². The first-order valence-electron chi connectivity index (χ1n) is 3.54. The first-order chi connectivity index (χ1) is 5.29. The van der Waals surface area contributed by atoms with E-state index in [4.69, 9.17) is 5.26 Å². The molecule has 1 atom stereocenters. The molecule has 1 unspecified atom stereocenters. The molecule has 1 aliphatic rings. The Morgan fingerprint density at radius 3 is 3.09 bits per heavy atom. The highest BCUT2D eigenvalue weighted by Crippen LogP contribution is 2.16. The van der Waals surface area contributed by atoms with Crippen LogP contribution in [0.3, 0.4) is 0 Å². The lowest BCUT2D eigenvalue weighted by Crippen LogP contribution is -2.35. The zero-order chi connectivity index (χ0) is 8.27. The van der Waals surface area contributed by atoms with Crippen LogP contribution < -0.4 is 0 Å². The van der Waals surface area contributed by atoms with Crippen molar-refractivity contribution in [3.63, 3.8) is 0 Å². The minimum atomic E-state index is -0.155. The van der Waals surface area contributed by atoms with E-state index >= 15 is 0 Å². The van der Waals surface area contributed by atoms with E-state index in [1.54, 1.807) is 4.90 Å². The summed E-state index contributed by atoms with van der Waals surface area (Å²) in [4.78, 5) is 12.8. The summed E-state index contributed by atoms with van der Waals surface area (Å²) in [5, 5.41) is 8.63. The summed E-state index contributed by atoms with van der Waals surface area (Å²) < 4.78 is 0.482. The van der Waals surface area contributed by atoms with Crippen molar-refractivity contribution in [3.8, 4) is 6.07 Å². The predicted molar refractivity (Wildman–Crippen MR) is 49.2 cm³/mol. The van der Waals surface area contributed by atoms with Gasteiger partial charge >= 0.3 is 0 Å². The Labute approximate surface area is 79.5 Å². The molecule has 0 aliphatic carbocycles. The third kappa shape index (κ3) is 1.83. The number of hydrogen-bond acceptors (Lipinski definition) is 2. The molecule has 1 fully saturated rings. The molecule has 0 saturated carbocycles. The second kappa shape index (κ2) is 3.90. The van der Waals surface area contributed by atoms with Crippen molar-refractivity contribution in [1.82, 2.24) is 4.90 Å². The Bertz CT molecular complexity index is 199. The number of hydrogen-bond donors (Lipinski definition) is 0. The van der Waals surface area contributed by atoms with Crippen molar-refractivity contribution >= 4 is 28.5 Å². The van der Waals surface area contributed by atoms with Crippen LogP contribution in [0.2, 0.25) is 0 Å². The summed E-state index contributed by atoms with van der Waals surface area (Å²) in [6.07, 6.45) is 1.82. The monoisotopic (exact) mass is 264 g/mol. The van der Waals surface area contributed by atoms with Crippen molar-refractivity contribution in [2.24, 2.45) is 0 Å². The highest BCUT2D eigenvalue weighted by atomic mass is 127.